The molecule has 1 aliphatic heterocycles. The van der Waals surface area contributed by atoms with Crippen LogP contribution in [-0.4, -0.2) is 46.8 Å². The lowest BCUT2D eigenvalue weighted by Gasteiger charge is -2.31. The number of hydrogen-bond donors (Lipinski definition) is 2. The Morgan fingerprint density at radius 1 is 1.56 bits per heavy atom. The van der Waals surface area contributed by atoms with Gasteiger partial charge in [-0.1, -0.05) is 11.6 Å². The van der Waals surface area contributed by atoms with Crippen LogP contribution >= 0.6 is 11.6 Å². The molecule has 2 N–H and O–H groups in total. The van der Waals surface area contributed by atoms with Crippen molar-refractivity contribution in [3.05, 3.63) is 41.4 Å². The molecule has 9 heteroatoms. The maximum absolute atomic E-state index is 14.3. The van der Waals surface area contributed by atoms with Gasteiger partial charge in [0.1, 0.15) is 0 Å². The summed E-state index contributed by atoms with van der Waals surface area (Å²) in [6, 6.07) is 4.18. The number of aromatic nitrogens is 2. The van der Waals surface area contributed by atoms with E-state index in [4.69, 9.17) is 26.2 Å². The highest BCUT2D eigenvalue weighted by molar-refractivity contribution is 6.30. The molecule has 134 valence electrons. The molecule has 2 heterocycles. The van der Waals surface area contributed by atoms with Gasteiger partial charge in [0, 0.05) is 30.8 Å². The third kappa shape index (κ3) is 4.40. The maximum atomic E-state index is 14.3. The molecule has 1 aromatic heterocycles. The van der Waals surface area contributed by atoms with E-state index < -0.39 is 11.9 Å². The van der Waals surface area contributed by atoms with Crippen molar-refractivity contribution in [2.75, 3.05) is 19.8 Å². The minimum atomic E-state index is -1.09. The summed E-state index contributed by atoms with van der Waals surface area (Å²) in [5.74, 6) is -0.640. The third-order valence-corrected chi connectivity index (χ3v) is 4.16. The number of ether oxygens (including phenoxy) is 2. The Morgan fingerprint density at radius 3 is 3.08 bits per heavy atom. The molecule has 0 aliphatic carbocycles. The van der Waals surface area contributed by atoms with Gasteiger partial charge in [-0.3, -0.25) is 0 Å². The Bertz CT molecular complexity index is 755. The van der Waals surface area contributed by atoms with Crippen LogP contribution in [0.25, 0.3) is 5.69 Å². The van der Waals surface area contributed by atoms with Crippen molar-refractivity contribution in [1.29, 1.82) is 0 Å². The molecule has 1 saturated heterocycles. The van der Waals surface area contributed by atoms with Gasteiger partial charge in [0.25, 0.3) is 0 Å². The molecule has 1 fully saturated rings. The smallest absolute Gasteiger partial charge is 0.404 e. The van der Waals surface area contributed by atoms with E-state index in [0.717, 1.165) is 0 Å². The fourth-order valence-corrected chi connectivity index (χ4v) is 2.83. The Balaban J connectivity index is 1.65. The molecule has 1 aliphatic rings. The van der Waals surface area contributed by atoms with Crippen molar-refractivity contribution < 1.29 is 23.8 Å². The van der Waals surface area contributed by atoms with Gasteiger partial charge in [-0.05, 0) is 18.6 Å². The summed E-state index contributed by atoms with van der Waals surface area (Å²) in [4.78, 5) is 10.8. The molecule has 25 heavy (non-hydrogen) atoms. The summed E-state index contributed by atoms with van der Waals surface area (Å²) in [5.41, 5.74) is 0.517. The fraction of sp³-hybridized carbons (Fsp3) is 0.375. The molecule has 7 nitrogen and oxygen atoms in total. The average Bonchev–Trinajstić information content (AvgIpc) is 3.01. The lowest BCUT2D eigenvalue weighted by Crippen LogP contribution is -2.47. The van der Waals surface area contributed by atoms with Crippen LogP contribution in [0.3, 0.4) is 0 Å². The first-order valence-electron chi connectivity index (χ1n) is 7.73. The summed E-state index contributed by atoms with van der Waals surface area (Å²) in [5, 5.41) is 15.8. The quantitative estimate of drug-likeness (QED) is 0.846. The Hall–Kier alpha value is -2.32. The average molecular weight is 370 g/mol. The van der Waals surface area contributed by atoms with Gasteiger partial charge in [0.05, 0.1) is 30.1 Å². The molecule has 0 unspecified atom stereocenters. The minimum absolute atomic E-state index is 0.0849. The van der Waals surface area contributed by atoms with Crippen LogP contribution in [0.15, 0.2) is 30.6 Å². The molecule has 1 amide bonds. The Kier molecular flexibility index (Phi) is 5.40. The topological polar surface area (TPSA) is 85.6 Å². The zero-order valence-corrected chi connectivity index (χ0v) is 13.9. The van der Waals surface area contributed by atoms with Crippen molar-refractivity contribution in [3.8, 4) is 11.4 Å². The zero-order chi connectivity index (χ0) is 17.8. The number of rotatable bonds is 5. The predicted octanol–water partition coefficient (Wildman–Crippen LogP) is 2.72. The molecular weight excluding hydrogens is 353 g/mol. The molecule has 0 spiro atoms. The molecular formula is C16H17ClFN3O4. The largest absolute Gasteiger partial charge is 0.490 e. The van der Waals surface area contributed by atoms with E-state index in [1.807, 2.05) is 0 Å². The summed E-state index contributed by atoms with van der Waals surface area (Å²) >= 11 is 5.81. The van der Waals surface area contributed by atoms with E-state index in [2.05, 4.69) is 10.4 Å². The SMILES string of the molecule is O=C(O)N[C@@H]1CCOC[C@@H]1COc1ccc(-n2cc(Cl)cn2)cc1F. The van der Waals surface area contributed by atoms with Gasteiger partial charge in [0.15, 0.2) is 11.6 Å². The number of hydrogen-bond acceptors (Lipinski definition) is 4. The van der Waals surface area contributed by atoms with Crippen LogP contribution < -0.4 is 10.1 Å². The standard InChI is InChI=1S/C16H17ClFN3O4/c17-11-6-19-21(7-11)12-1-2-15(13(18)5-12)25-9-10-8-24-4-3-14(10)20-16(22)23/h1-2,5-7,10,14,20H,3-4,8-9H2,(H,22,23)/t10-,14-/m1/s1. The molecule has 2 atom stereocenters. The van der Waals surface area contributed by atoms with Crippen LogP contribution in [0.4, 0.5) is 9.18 Å². The molecule has 0 bridgehead atoms. The third-order valence-electron chi connectivity index (χ3n) is 3.97. The molecule has 1 aromatic carbocycles. The van der Waals surface area contributed by atoms with Crippen LogP contribution in [0.1, 0.15) is 6.42 Å². The minimum Gasteiger partial charge on any atom is -0.490 e. The lowest BCUT2D eigenvalue weighted by atomic mass is 9.97. The zero-order valence-electron chi connectivity index (χ0n) is 13.2. The highest BCUT2D eigenvalue weighted by Gasteiger charge is 2.28. The van der Waals surface area contributed by atoms with Crippen molar-refractivity contribution >= 4 is 17.7 Å². The summed E-state index contributed by atoms with van der Waals surface area (Å²) < 4.78 is 26.6. The first-order chi connectivity index (χ1) is 12.0. The number of benzene rings is 1. The molecule has 2 aromatic rings. The van der Waals surface area contributed by atoms with Crippen LogP contribution in [-0.2, 0) is 4.74 Å². The maximum Gasteiger partial charge on any atom is 0.404 e. The highest BCUT2D eigenvalue weighted by Crippen LogP contribution is 2.23. The van der Waals surface area contributed by atoms with Crippen LogP contribution in [0.2, 0.25) is 5.02 Å². The number of carboxylic acid groups (broad SMARTS) is 1. The summed E-state index contributed by atoms with van der Waals surface area (Å²) in [7, 11) is 0. The lowest BCUT2D eigenvalue weighted by molar-refractivity contribution is 0.0134. The van der Waals surface area contributed by atoms with Crippen molar-refractivity contribution in [2.24, 2.45) is 5.92 Å². The number of carbonyl (C=O) groups is 1. The Labute approximate surface area is 148 Å². The van der Waals surface area contributed by atoms with Crippen LogP contribution in [0.5, 0.6) is 5.75 Å². The van der Waals surface area contributed by atoms with Gasteiger partial charge in [-0.25, -0.2) is 13.9 Å². The van der Waals surface area contributed by atoms with E-state index in [1.165, 1.54) is 23.0 Å². The van der Waals surface area contributed by atoms with Gasteiger partial charge in [0.2, 0.25) is 0 Å². The van der Waals surface area contributed by atoms with Gasteiger partial charge in [-0.2, -0.15) is 5.10 Å². The second-order valence-corrected chi connectivity index (χ2v) is 6.14. The summed E-state index contributed by atoms with van der Waals surface area (Å²) in [6.45, 7) is 0.988. The highest BCUT2D eigenvalue weighted by atomic mass is 35.5. The predicted molar refractivity (Wildman–Crippen MR) is 87.9 cm³/mol. The molecule has 0 radical (unpaired) electrons. The molecule has 3 rings (SSSR count). The van der Waals surface area contributed by atoms with E-state index in [0.29, 0.717) is 30.3 Å². The van der Waals surface area contributed by atoms with Gasteiger partial charge in [-0.15, -0.1) is 0 Å². The van der Waals surface area contributed by atoms with E-state index in [-0.39, 0.29) is 24.3 Å². The Morgan fingerprint density at radius 2 is 2.40 bits per heavy atom. The molecule has 0 saturated carbocycles. The number of halogens is 2. The van der Waals surface area contributed by atoms with Crippen molar-refractivity contribution in [3.63, 3.8) is 0 Å². The summed E-state index contributed by atoms with van der Waals surface area (Å²) in [6.07, 6.45) is 2.49. The van der Waals surface area contributed by atoms with Gasteiger partial charge >= 0.3 is 6.09 Å². The number of nitrogens with one attached hydrogen (secondary N) is 1. The monoisotopic (exact) mass is 369 g/mol. The second-order valence-electron chi connectivity index (χ2n) is 5.71. The van der Waals surface area contributed by atoms with E-state index >= 15 is 0 Å². The normalized spacial score (nSPS) is 20.2. The first kappa shape index (κ1) is 17.5. The van der Waals surface area contributed by atoms with Crippen molar-refractivity contribution in [1.82, 2.24) is 15.1 Å². The van der Waals surface area contributed by atoms with Crippen LogP contribution in [0, 0.1) is 11.7 Å². The van der Waals surface area contributed by atoms with Crippen molar-refractivity contribution in [2.45, 2.75) is 12.5 Å². The van der Waals surface area contributed by atoms with E-state index in [9.17, 15) is 9.18 Å². The van der Waals surface area contributed by atoms with Gasteiger partial charge < -0.3 is 19.9 Å². The first-order valence-corrected chi connectivity index (χ1v) is 8.11. The second kappa shape index (κ2) is 7.71. The number of nitrogens with zero attached hydrogens (tertiary/aromatic N) is 2. The fourth-order valence-electron chi connectivity index (χ4n) is 2.70. The number of amides is 1. The van der Waals surface area contributed by atoms with E-state index in [1.54, 1.807) is 12.3 Å².